The highest BCUT2D eigenvalue weighted by atomic mass is 35.5. The Balaban J connectivity index is 0.00000180. The zero-order valence-corrected chi connectivity index (χ0v) is 14.1. The predicted molar refractivity (Wildman–Crippen MR) is 87.1 cm³/mol. The van der Waals surface area contributed by atoms with Crippen LogP contribution < -0.4 is 5.32 Å². The number of carbonyl (C=O) groups excluding carboxylic acids is 1. The van der Waals surface area contributed by atoms with E-state index < -0.39 is 0 Å². The first kappa shape index (κ1) is 19.9. The lowest BCUT2D eigenvalue weighted by Crippen LogP contribution is -2.56. The Labute approximate surface area is 134 Å². The molecule has 20 heavy (non-hydrogen) atoms. The largest absolute Gasteiger partial charge is 0.336 e. The molecule has 0 radical (unpaired) electrons. The minimum absolute atomic E-state index is 0. The average molecular weight is 327 g/mol. The normalized spacial score (nSPS) is 24.7. The van der Waals surface area contributed by atoms with Crippen molar-refractivity contribution in [1.82, 2.24) is 20.0 Å². The molecule has 1 N–H and O–H groups in total. The van der Waals surface area contributed by atoms with Gasteiger partial charge in [0.05, 0.1) is 6.54 Å². The summed E-state index contributed by atoms with van der Waals surface area (Å²) < 4.78 is 0. The molecular weight excluding hydrogens is 299 g/mol. The summed E-state index contributed by atoms with van der Waals surface area (Å²) in [5.74, 6) is 0.300. The zero-order chi connectivity index (χ0) is 13.0. The monoisotopic (exact) mass is 326 g/mol. The van der Waals surface area contributed by atoms with Crippen molar-refractivity contribution < 1.29 is 4.79 Å². The van der Waals surface area contributed by atoms with Gasteiger partial charge in [-0.05, 0) is 13.5 Å². The number of nitrogens with zero attached hydrogens (tertiary/aromatic N) is 3. The lowest BCUT2D eigenvalue weighted by molar-refractivity contribution is -0.135. The second kappa shape index (κ2) is 9.79. The summed E-state index contributed by atoms with van der Waals surface area (Å²) in [7, 11) is 0. The topological polar surface area (TPSA) is 38.8 Å². The number of halogens is 2. The van der Waals surface area contributed by atoms with E-state index in [0.717, 1.165) is 52.4 Å². The Kier molecular flexibility index (Phi) is 9.76. The summed E-state index contributed by atoms with van der Waals surface area (Å²) in [6.45, 7) is 13.0. The fourth-order valence-corrected chi connectivity index (χ4v) is 2.76. The molecule has 2 rings (SSSR count). The van der Waals surface area contributed by atoms with Crippen LogP contribution in [0.15, 0.2) is 0 Å². The van der Waals surface area contributed by atoms with Gasteiger partial charge in [0.25, 0.3) is 0 Å². The van der Waals surface area contributed by atoms with Gasteiger partial charge in [0.2, 0.25) is 5.91 Å². The Bertz CT molecular complexity index is 286. The lowest BCUT2D eigenvalue weighted by Gasteiger charge is -2.38. The quantitative estimate of drug-likeness (QED) is 0.809. The number of nitrogens with one attached hydrogen (secondary N) is 1. The lowest BCUT2D eigenvalue weighted by atomic mass is 10.2. The van der Waals surface area contributed by atoms with Crippen LogP contribution in [-0.2, 0) is 4.79 Å². The third kappa shape index (κ3) is 5.37. The van der Waals surface area contributed by atoms with Crippen LogP contribution >= 0.6 is 24.8 Å². The molecule has 5 nitrogen and oxygen atoms in total. The third-order valence-corrected chi connectivity index (χ3v) is 4.09. The maximum Gasteiger partial charge on any atom is 0.237 e. The van der Waals surface area contributed by atoms with Gasteiger partial charge in [-0.15, -0.1) is 24.8 Å². The molecule has 7 heteroatoms. The highest BCUT2D eigenvalue weighted by molar-refractivity contribution is 5.85. The number of carbonyl (C=O) groups is 1. The first-order valence-corrected chi connectivity index (χ1v) is 7.15. The van der Waals surface area contributed by atoms with Gasteiger partial charge < -0.3 is 15.1 Å². The Morgan fingerprint density at radius 1 is 1.10 bits per heavy atom. The second-order valence-electron chi connectivity index (χ2n) is 5.35. The van der Waals surface area contributed by atoms with E-state index in [9.17, 15) is 4.79 Å². The van der Waals surface area contributed by atoms with E-state index in [1.54, 1.807) is 0 Å². The van der Waals surface area contributed by atoms with Crippen LogP contribution in [0.2, 0.25) is 0 Å². The summed E-state index contributed by atoms with van der Waals surface area (Å²) in [4.78, 5) is 19.0. The van der Waals surface area contributed by atoms with Crippen molar-refractivity contribution in [2.24, 2.45) is 0 Å². The summed E-state index contributed by atoms with van der Waals surface area (Å²) in [5.41, 5.74) is 0. The van der Waals surface area contributed by atoms with E-state index >= 15 is 0 Å². The van der Waals surface area contributed by atoms with E-state index in [0.29, 0.717) is 18.5 Å². The van der Waals surface area contributed by atoms with Crippen molar-refractivity contribution in [2.45, 2.75) is 19.9 Å². The van der Waals surface area contributed by atoms with Gasteiger partial charge in [-0.3, -0.25) is 9.69 Å². The number of rotatable bonds is 3. The van der Waals surface area contributed by atoms with Crippen LogP contribution in [0.3, 0.4) is 0 Å². The van der Waals surface area contributed by atoms with E-state index in [2.05, 4.69) is 29.0 Å². The first-order valence-electron chi connectivity index (χ1n) is 7.15. The standard InChI is InChI=1S/C13H26N4O.2ClH/c1-3-15-6-8-16(9-7-15)11-13(18)17-5-4-14-10-12(17)2;;/h12,14H,3-11H2,1-2H3;2*1H/t12-;;/m0../s1. The Morgan fingerprint density at radius 3 is 2.25 bits per heavy atom. The van der Waals surface area contributed by atoms with E-state index in [4.69, 9.17) is 0 Å². The number of hydrogen-bond donors (Lipinski definition) is 1. The third-order valence-electron chi connectivity index (χ3n) is 4.09. The van der Waals surface area contributed by atoms with Crippen molar-refractivity contribution in [2.75, 3.05) is 58.9 Å². The molecule has 2 aliphatic rings. The number of hydrogen-bond acceptors (Lipinski definition) is 4. The van der Waals surface area contributed by atoms with Gasteiger partial charge in [0.15, 0.2) is 0 Å². The molecule has 120 valence electrons. The van der Waals surface area contributed by atoms with Gasteiger partial charge in [-0.25, -0.2) is 0 Å². The van der Waals surface area contributed by atoms with Gasteiger partial charge >= 0.3 is 0 Å². The highest BCUT2D eigenvalue weighted by Gasteiger charge is 2.25. The van der Waals surface area contributed by atoms with E-state index in [1.165, 1.54) is 0 Å². The van der Waals surface area contributed by atoms with Crippen LogP contribution in [0.5, 0.6) is 0 Å². The maximum absolute atomic E-state index is 12.3. The second-order valence-corrected chi connectivity index (χ2v) is 5.35. The minimum Gasteiger partial charge on any atom is -0.336 e. The summed E-state index contributed by atoms with van der Waals surface area (Å²) in [6, 6.07) is 0.336. The molecule has 2 fully saturated rings. The summed E-state index contributed by atoms with van der Waals surface area (Å²) in [5, 5.41) is 3.32. The Hall–Kier alpha value is -0.0700. The van der Waals surface area contributed by atoms with Gasteiger partial charge in [-0.2, -0.15) is 0 Å². The molecule has 0 aromatic rings. The van der Waals surface area contributed by atoms with E-state index in [1.807, 2.05) is 4.90 Å². The minimum atomic E-state index is 0. The Morgan fingerprint density at radius 2 is 1.70 bits per heavy atom. The molecule has 1 atom stereocenters. The molecule has 2 saturated heterocycles. The molecule has 0 aromatic heterocycles. The summed E-state index contributed by atoms with van der Waals surface area (Å²) >= 11 is 0. The van der Waals surface area contributed by atoms with Gasteiger partial charge in [0, 0.05) is 51.9 Å². The SMILES string of the molecule is CCN1CCN(CC(=O)N2CCNC[C@@H]2C)CC1.Cl.Cl. The highest BCUT2D eigenvalue weighted by Crippen LogP contribution is 2.06. The van der Waals surface area contributed by atoms with Crippen LogP contribution in [-0.4, -0.2) is 85.6 Å². The average Bonchev–Trinajstić information content (AvgIpc) is 2.40. The van der Waals surface area contributed by atoms with E-state index in [-0.39, 0.29) is 24.8 Å². The van der Waals surface area contributed by atoms with Crippen LogP contribution in [0, 0.1) is 0 Å². The number of piperazine rings is 2. The molecule has 0 saturated carbocycles. The first-order chi connectivity index (χ1) is 8.70. The van der Waals surface area contributed by atoms with Crippen molar-refractivity contribution in [3.8, 4) is 0 Å². The number of amides is 1. The molecule has 2 heterocycles. The maximum atomic E-state index is 12.3. The van der Waals surface area contributed by atoms with Crippen LogP contribution in [0.1, 0.15) is 13.8 Å². The molecule has 0 aliphatic carbocycles. The van der Waals surface area contributed by atoms with Crippen LogP contribution in [0.25, 0.3) is 0 Å². The molecule has 0 spiro atoms. The van der Waals surface area contributed by atoms with Gasteiger partial charge in [0.1, 0.15) is 0 Å². The smallest absolute Gasteiger partial charge is 0.237 e. The zero-order valence-electron chi connectivity index (χ0n) is 12.5. The van der Waals surface area contributed by atoms with Crippen molar-refractivity contribution in [3.63, 3.8) is 0 Å². The molecule has 1 amide bonds. The molecule has 0 aromatic carbocycles. The van der Waals surface area contributed by atoms with Crippen molar-refractivity contribution >= 4 is 30.7 Å². The molecular formula is C13H28Cl2N4O. The van der Waals surface area contributed by atoms with Gasteiger partial charge in [-0.1, -0.05) is 6.92 Å². The fourth-order valence-electron chi connectivity index (χ4n) is 2.76. The van der Waals surface area contributed by atoms with Crippen molar-refractivity contribution in [3.05, 3.63) is 0 Å². The summed E-state index contributed by atoms with van der Waals surface area (Å²) in [6.07, 6.45) is 0. The fraction of sp³-hybridized carbons (Fsp3) is 0.923. The molecule has 0 bridgehead atoms. The molecule has 2 aliphatic heterocycles. The predicted octanol–water partition coefficient (Wildman–Crippen LogP) is 0.288. The van der Waals surface area contributed by atoms with Crippen molar-refractivity contribution in [1.29, 1.82) is 0 Å². The molecule has 0 unspecified atom stereocenters. The number of likely N-dealkylation sites (N-methyl/N-ethyl adjacent to an activating group) is 1. The van der Waals surface area contributed by atoms with Crippen LogP contribution in [0.4, 0.5) is 0 Å².